The van der Waals surface area contributed by atoms with Crippen molar-refractivity contribution in [3.63, 3.8) is 0 Å². The maximum atomic E-state index is 12.8. The molecule has 4 rings (SSSR count). The first-order valence-corrected chi connectivity index (χ1v) is 7.32. The van der Waals surface area contributed by atoms with Gasteiger partial charge in [-0.25, -0.2) is 0 Å². The van der Waals surface area contributed by atoms with Crippen molar-refractivity contribution in [1.82, 2.24) is 4.57 Å². The van der Waals surface area contributed by atoms with Gasteiger partial charge in [0.25, 0.3) is 0 Å². The minimum Gasteiger partial charge on any atom is -0.343 e. The monoisotopic (exact) mass is 285 g/mol. The molecule has 0 amide bonds. The second-order valence-corrected chi connectivity index (χ2v) is 5.50. The Kier molecular flexibility index (Phi) is 2.83. The molecule has 0 saturated carbocycles. The summed E-state index contributed by atoms with van der Waals surface area (Å²) in [4.78, 5) is 12.8. The highest BCUT2D eigenvalue weighted by Gasteiger charge is 2.09. The van der Waals surface area contributed by atoms with Gasteiger partial charge in [-0.15, -0.1) is 0 Å². The molecule has 0 aliphatic carbocycles. The van der Waals surface area contributed by atoms with Crippen molar-refractivity contribution in [3.8, 4) is 11.1 Å². The molecule has 22 heavy (non-hydrogen) atoms. The van der Waals surface area contributed by atoms with Gasteiger partial charge in [0.05, 0.1) is 11.0 Å². The summed E-state index contributed by atoms with van der Waals surface area (Å²) >= 11 is 0. The first-order chi connectivity index (χ1) is 10.8. The first kappa shape index (κ1) is 12.8. The molecule has 0 saturated heterocycles. The number of pyridine rings is 1. The molecule has 0 fully saturated rings. The van der Waals surface area contributed by atoms with Crippen LogP contribution in [-0.2, 0) is 7.05 Å². The second kappa shape index (κ2) is 4.85. The van der Waals surface area contributed by atoms with E-state index in [9.17, 15) is 4.79 Å². The zero-order valence-corrected chi connectivity index (χ0v) is 12.3. The summed E-state index contributed by atoms with van der Waals surface area (Å²) in [5.41, 5.74) is 4.22. The molecule has 0 spiro atoms. The van der Waals surface area contributed by atoms with Crippen molar-refractivity contribution in [2.24, 2.45) is 7.05 Å². The Balaban J connectivity index is 2.11. The Morgan fingerprint density at radius 3 is 2.18 bits per heavy atom. The number of aryl methyl sites for hydroxylation is 1. The fourth-order valence-electron chi connectivity index (χ4n) is 3.05. The predicted molar refractivity (Wildman–Crippen MR) is 92.1 cm³/mol. The van der Waals surface area contributed by atoms with Gasteiger partial charge in [-0.05, 0) is 35.4 Å². The van der Waals surface area contributed by atoms with Crippen LogP contribution in [0.1, 0.15) is 0 Å². The lowest BCUT2D eigenvalue weighted by Crippen LogP contribution is -2.09. The molecule has 0 bridgehead atoms. The number of hydrogen-bond acceptors (Lipinski definition) is 1. The summed E-state index contributed by atoms with van der Waals surface area (Å²) in [6.07, 6.45) is 0. The van der Waals surface area contributed by atoms with E-state index in [2.05, 4.69) is 22.8 Å². The van der Waals surface area contributed by atoms with Gasteiger partial charge in [0.2, 0.25) is 0 Å². The molecule has 0 unspecified atom stereocenters. The number of benzene rings is 3. The van der Waals surface area contributed by atoms with Crippen LogP contribution >= 0.6 is 0 Å². The van der Waals surface area contributed by atoms with Crippen LogP contribution in [0, 0.1) is 0 Å². The molecule has 1 aromatic heterocycles. The summed E-state index contributed by atoms with van der Waals surface area (Å²) < 4.78 is 2.08. The maximum Gasteiger partial charge on any atom is 0.197 e. The third kappa shape index (κ3) is 1.85. The molecular formula is C20H15NO. The van der Waals surface area contributed by atoms with Gasteiger partial charge in [0.1, 0.15) is 0 Å². The molecule has 0 aliphatic heterocycles. The van der Waals surface area contributed by atoms with Crippen LogP contribution in [0.25, 0.3) is 32.9 Å². The van der Waals surface area contributed by atoms with Crippen LogP contribution < -0.4 is 5.43 Å². The maximum absolute atomic E-state index is 12.8. The predicted octanol–water partition coefficient (Wildman–Crippen LogP) is 4.36. The van der Waals surface area contributed by atoms with Crippen LogP contribution in [-0.4, -0.2) is 4.57 Å². The Bertz CT molecular complexity index is 1050. The highest BCUT2D eigenvalue weighted by molar-refractivity contribution is 5.95. The van der Waals surface area contributed by atoms with E-state index in [-0.39, 0.29) is 5.43 Å². The number of nitrogens with zero attached hydrogens (tertiary/aromatic N) is 1. The third-order valence-corrected chi connectivity index (χ3v) is 4.22. The topological polar surface area (TPSA) is 22.0 Å². The number of rotatable bonds is 1. The molecule has 106 valence electrons. The van der Waals surface area contributed by atoms with Crippen molar-refractivity contribution in [2.45, 2.75) is 0 Å². The smallest absolute Gasteiger partial charge is 0.197 e. The van der Waals surface area contributed by atoms with E-state index in [1.165, 1.54) is 0 Å². The van der Waals surface area contributed by atoms with Gasteiger partial charge in [-0.2, -0.15) is 0 Å². The van der Waals surface area contributed by atoms with E-state index in [1.54, 1.807) is 0 Å². The largest absolute Gasteiger partial charge is 0.343 e. The quantitative estimate of drug-likeness (QED) is 0.476. The standard InChI is InChI=1S/C20H15NO/c1-21-18-10-6-5-9-16(18)20(22)17-13-15(11-12-19(17)21)14-7-3-2-4-8-14/h2-13H,1H3. The number of fused-ring (bicyclic) bond motifs is 2. The van der Waals surface area contributed by atoms with Crippen molar-refractivity contribution < 1.29 is 0 Å². The molecule has 3 aromatic carbocycles. The Morgan fingerprint density at radius 2 is 1.36 bits per heavy atom. The van der Waals surface area contributed by atoms with Gasteiger partial charge >= 0.3 is 0 Å². The zero-order valence-electron chi connectivity index (χ0n) is 12.3. The normalized spacial score (nSPS) is 11.1. The summed E-state index contributed by atoms with van der Waals surface area (Å²) in [6, 6.07) is 24.0. The van der Waals surface area contributed by atoms with Crippen molar-refractivity contribution in [3.05, 3.63) is 83.0 Å². The molecule has 0 atom stereocenters. The highest BCUT2D eigenvalue weighted by atomic mass is 16.1. The number of aromatic nitrogens is 1. The Morgan fingerprint density at radius 1 is 0.682 bits per heavy atom. The fourth-order valence-corrected chi connectivity index (χ4v) is 3.05. The molecule has 1 heterocycles. The lowest BCUT2D eigenvalue weighted by molar-refractivity contribution is 1.00. The van der Waals surface area contributed by atoms with Gasteiger partial charge in [-0.3, -0.25) is 4.79 Å². The average molecular weight is 285 g/mol. The Labute approximate surface area is 128 Å². The van der Waals surface area contributed by atoms with Crippen molar-refractivity contribution in [2.75, 3.05) is 0 Å². The highest BCUT2D eigenvalue weighted by Crippen LogP contribution is 2.24. The van der Waals surface area contributed by atoms with E-state index in [1.807, 2.05) is 61.6 Å². The molecular weight excluding hydrogens is 270 g/mol. The molecule has 4 aromatic rings. The van der Waals surface area contributed by atoms with Gasteiger partial charge in [-0.1, -0.05) is 48.5 Å². The SMILES string of the molecule is Cn1c2ccccc2c(=O)c2cc(-c3ccccc3)ccc21. The van der Waals surface area contributed by atoms with Crippen molar-refractivity contribution in [1.29, 1.82) is 0 Å². The van der Waals surface area contributed by atoms with Gasteiger partial charge in [0, 0.05) is 17.8 Å². The molecule has 0 aliphatic rings. The van der Waals surface area contributed by atoms with Gasteiger partial charge < -0.3 is 4.57 Å². The number of para-hydroxylation sites is 1. The first-order valence-electron chi connectivity index (χ1n) is 7.32. The summed E-state index contributed by atoms with van der Waals surface area (Å²) in [6.45, 7) is 0. The number of hydrogen-bond donors (Lipinski definition) is 0. The average Bonchev–Trinajstić information content (AvgIpc) is 2.60. The second-order valence-electron chi connectivity index (χ2n) is 5.50. The summed E-state index contributed by atoms with van der Waals surface area (Å²) in [5, 5.41) is 1.53. The van der Waals surface area contributed by atoms with E-state index in [0.29, 0.717) is 0 Å². The van der Waals surface area contributed by atoms with E-state index in [0.717, 1.165) is 32.9 Å². The Hall–Kier alpha value is -2.87. The molecule has 2 heteroatoms. The van der Waals surface area contributed by atoms with Crippen LogP contribution in [0.4, 0.5) is 0 Å². The van der Waals surface area contributed by atoms with Crippen LogP contribution in [0.2, 0.25) is 0 Å². The van der Waals surface area contributed by atoms with E-state index < -0.39 is 0 Å². The minimum atomic E-state index is 0.0986. The van der Waals surface area contributed by atoms with Crippen LogP contribution in [0.3, 0.4) is 0 Å². The van der Waals surface area contributed by atoms with E-state index in [4.69, 9.17) is 0 Å². The van der Waals surface area contributed by atoms with Crippen molar-refractivity contribution >= 4 is 21.8 Å². The fraction of sp³-hybridized carbons (Fsp3) is 0.0500. The summed E-state index contributed by atoms with van der Waals surface area (Å²) in [7, 11) is 2.01. The van der Waals surface area contributed by atoms with Crippen LogP contribution in [0.5, 0.6) is 0 Å². The van der Waals surface area contributed by atoms with E-state index >= 15 is 0 Å². The minimum absolute atomic E-state index is 0.0986. The third-order valence-electron chi connectivity index (χ3n) is 4.22. The van der Waals surface area contributed by atoms with Gasteiger partial charge in [0.15, 0.2) is 5.43 Å². The summed E-state index contributed by atoms with van der Waals surface area (Å²) in [5.74, 6) is 0. The lowest BCUT2D eigenvalue weighted by Gasteiger charge is -2.11. The lowest BCUT2D eigenvalue weighted by atomic mass is 10.0. The zero-order chi connectivity index (χ0) is 15.1. The molecule has 2 nitrogen and oxygen atoms in total. The van der Waals surface area contributed by atoms with Crippen LogP contribution in [0.15, 0.2) is 77.6 Å². The molecule has 0 radical (unpaired) electrons. The molecule has 0 N–H and O–H groups in total.